The Kier molecular flexibility index (Phi) is 6.12. The maximum Gasteiger partial charge on any atom is 0.266 e. The molecule has 0 bridgehead atoms. The van der Waals surface area contributed by atoms with Gasteiger partial charge in [-0.3, -0.25) is 4.79 Å². The molecule has 23 heavy (non-hydrogen) atoms. The SMILES string of the molecule is CN1CCN(C(=O)/C(C#N)=C\NCCc2ccc(F)cc2)CC1. The van der Waals surface area contributed by atoms with E-state index in [1.165, 1.54) is 18.3 Å². The molecular weight excluding hydrogens is 295 g/mol. The molecule has 5 nitrogen and oxygen atoms in total. The van der Waals surface area contributed by atoms with Crippen molar-refractivity contribution in [1.82, 2.24) is 15.1 Å². The van der Waals surface area contributed by atoms with Crippen molar-refractivity contribution in [2.24, 2.45) is 0 Å². The molecule has 0 radical (unpaired) electrons. The maximum atomic E-state index is 12.8. The molecule has 122 valence electrons. The number of likely N-dealkylation sites (N-methyl/N-ethyl adjacent to an activating group) is 1. The van der Waals surface area contributed by atoms with Crippen molar-refractivity contribution in [3.63, 3.8) is 0 Å². The van der Waals surface area contributed by atoms with Crippen LogP contribution in [0.25, 0.3) is 0 Å². The maximum absolute atomic E-state index is 12.8. The van der Waals surface area contributed by atoms with E-state index in [0.717, 1.165) is 18.7 Å². The van der Waals surface area contributed by atoms with Gasteiger partial charge in [-0.05, 0) is 31.2 Å². The Hall–Kier alpha value is -2.39. The summed E-state index contributed by atoms with van der Waals surface area (Å²) >= 11 is 0. The molecule has 1 aromatic carbocycles. The molecule has 0 aromatic heterocycles. The Morgan fingerprint density at radius 1 is 1.30 bits per heavy atom. The van der Waals surface area contributed by atoms with Crippen molar-refractivity contribution in [3.05, 3.63) is 47.4 Å². The topological polar surface area (TPSA) is 59.4 Å². The lowest BCUT2D eigenvalue weighted by Gasteiger charge is -2.32. The first-order valence-corrected chi connectivity index (χ1v) is 7.66. The lowest BCUT2D eigenvalue weighted by molar-refractivity contribution is -0.128. The quantitative estimate of drug-likeness (QED) is 0.503. The van der Waals surface area contributed by atoms with Gasteiger partial charge in [0.15, 0.2) is 0 Å². The summed E-state index contributed by atoms with van der Waals surface area (Å²) in [7, 11) is 2.01. The van der Waals surface area contributed by atoms with Crippen LogP contribution >= 0.6 is 0 Å². The van der Waals surface area contributed by atoms with E-state index in [9.17, 15) is 9.18 Å². The minimum absolute atomic E-state index is 0.119. The Bertz CT molecular complexity index is 598. The van der Waals surface area contributed by atoms with E-state index in [1.807, 2.05) is 13.1 Å². The number of carbonyl (C=O) groups is 1. The fourth-order valence-electron chi connectivity index (χ4n) is 2.36. The van der Waals surface area contributed by atoms with Crippen LogP contribution in [0.2, 0.25) is 0 Å². The highest BCUT2D eigenvalue weighted by atomic mass is 19.1. The van der Waals surface area contributed by atoms with Crippen molar-refractivity contribution in [2.45, 2.75) is 6.42 Å². The summed E-state index contributed by atoms with van der Waals surface area (Å²) in [6.07, 6.45) is 2.17. The summed E-state index contributed by atoms with van der Waals surface area (Å²) < 4.78 is 12.8. The molecule has 1 aliphatic heterocycles. The van der Waals surface area contributed by atoms with Gasteiger partial charge in [0.1, 0.15) is 17.5 Å². The number of nitrogens with one attached hydrogen (secondary N) is 1. The van der Waals surface area contributed by atoms with Gasteiger partial charge in [0, 0.05) is 38.9 Å². The van der Waals surface area contributed by atoms with Crippen LogP contribution in [0.3, 0.4) is 0 Å². The van der Waals surface area contributed by atoms with Gasteiger partial charge in [0.2, 0.25) is 0 Å². The minimum atomic E-state index is -0.258. The number of benzene rings is 1. The first kappa shape index (κ1) is 17.0. The van der Waals surface area contributed by atoms with Crippen molar-refractivity contribution in [2.75, 3.05) is 39.8 Å². The van der Waals surface area contributed by atoms with Crippen molar-refractivity contribution in [1.29, 1.82) is 5.26 Å². The molecule has 1 fully saturated rings. The summed E-state index contributed by atoms with van der Waals surface area (Å²) in [4.78, 5) is 16.1. The largest absolute Gasteiger partial charge is 0.389 e. The van der Waals surface area contributed by atoms with Gasteiger partial charge in [0.05, 0.1) is 0 Å². The highest BCUT2D eigenvalue weighted by molar-refractivity contribution is 5.97. The third-order valence-electron chi connectivity index (χ3n) is 3.86. The van der Waals surface area contributed by atoms with Crippen molar-refractivity contribution < 1.29 is 9.18 Å². The van der Waals surface area contributed by atoms with Crippen molar-refractivity contribution in [3.8, 4) is 6.07 Å². The number of nitriles is 1. The lowest BCUT2D eigenvalue weighted by atomic mass is 10.1. The van der Waals surface area contributed by atoms with Gasteiger partial charge < -0.3 is 15.1 Å². The highest BCUT2D eigenvalue weighted by Crippen LogP contribution is 2.06. The normalized spacial score (nSPS) is 16.0. The number of amides is 1. The van der Waals surface area contributed by atoms with Gasteiger partial charge in [-0.2, -0.15) is 5.26 Å². The zero-order valence-electron chi connectivity index (χ0n) is 13.3. The summed E-state index contributed by atoms with van der Waals surface area (Å²) in [5.41, 5.74) is 1.12. The Labute approximate surface area is 136 Å². The molecule has 1 aliphatic rings. The van der Waals surface area contributed by atoms with E-state index < -0.39 is 0 Å². The van der Waals surface area contributed by atoms with Crippen LogP contribution in [0.15, 0.2) is 36.0 Å². The number of hydrogen-bond acceptors (Lipinski definition) is 4. The molecule has 0 unspecified atom stereocenters. The van der Waals surface area contributed by atoms with E-state index >= 15 is 0 Å². The molecule has 0 aliphatic carbocycles. The van der Waals surface area contributed by atoms with E-state index in [-0.39, 0.29) is 17.3 Å². The second-order valence-electron chi connectivity index (χ2n) is 5.60. The number of nitrogens with zero attached hydrogens (tertiary/aromatic N) is 3. The molecular formula is C17H21FN4O. The number of halogens is 1. The summed E-state index contributed by atoms with van der Waals surface area (Å²) in [6, 6.07) is 8.25. The Morgan fingerprint density at radius 3 is 2.57 bits per heavy atom. The number of piperazine rings is 1. The number of hydrogen-bond donors (Lipinski definition) is 1. The molecule has 0 atom stereocenters. The monoisotopic (exact) mass is 316 g/mol. The second-order valence-corrected chi connectivity index (χ2v) is 5.60. The van der Waals surface area contributed by atoms with Crippen LogP contribution in [-0.2, 0) is 11.2 Å². The van der Waals surface area contributed by atoms with E-state index in [0.29, 0.717) is 26.1 Å². The van der Waals surface area contributed by atoms with Gasteiger partial charge in [-0.1, -0.05) is 12.1 Å². The zero-order chi connectivity index (χ0) is 16.7. The zero-order valence-corrected chi connectivity index (χ0v) is 13.3. The molecule has 0 saturated carbocycles. The van der Waals surface area contributed by atoms with Crippen molar-refractivity contribution >= 4 is 5.91 Å². The number of carbonyl (C=O) groups excluding carboxylic acids is 1. The Morgan fingerprint density at radius 2 is 1.96 bits per heavy atom. The average Bonchev–Trinajstić information content (AvgIpc) is 2.57. The summed E-state index contributed by atoms with van der Waals surface area (Å²) in [5.74, 6) is -0.485. The van der Waals surface area contributed by atoms with Gasteiger partial charge in [-0.15, -0.1) is 0 Å². The first-order chi connectivity index (χ1) is 11.1. The fourth-order valence-corrected chi connectivity index (χ4v) is 2.36. The molecule has 2 rings (SSSR count). The van der Waals surface area contributed by atoms with E-state index in [2.05, 4.69) is 10.2 Å². The molecule has 1 amide bonds. The minimum Gasteiger partial charge on any atom is -0.389 e. The molecule has 0 spiro atoms. The standard InChI is InChI=1S/C17H21FN4O/c1-21-8-10-22(11-9-21)17(23)15(12-19)13-20-7-6-14-2-4-16(18)5-3-14/h2-5,13,20H,6-11H2,1H3/b15-13-. The van der Waals surface area contributed by atoms with Crippen LogP contribution in [0.4, 0.5) is 4.39 Å². The van der Waals surface area contributed by atoms with E-state index in [4.69, 9.17) is 5.26 Å². The summed E-state index contributed by atoms with van der Waals surface area (Å²) in [6.45, 7) is 3.51. The first-order valence-electron chi connectivity index (χ1n) is 7.66. The molecule has 6 heteroatoms. The van der Waals surface area contributed by atoms with Crippen LogP contribution in [0.5, 0.6) is 0 Å². The van der Waals surface area contributed by atoms with Crippen LogP contribution in [-0.4, -0.2) is 55.5 Å². The smallest absolute Gasteiger partial charge is 0.266 e. The predicted octanol–water partition coefficient (Wildman–Crippen LogP) is 1.14. The third kappa shape index (κ3) is 5.08. The molecule has 1 saturated heterocycles. The average molecular weight is 316 g/mol. The van der Waals surface area contributed by atoms with Crippen LogP contribution in [0, 0.1) is 17.1 Å². The molecule has 1 N–H and O–H groups in total. The molecule has 1 aromatic rings. The Balaban J connectivity index is 1.83. The van der Waals surface area contributed by atoms with Gasteiger partial charge in [0.25, 0.3) is 5.91 Å². The lowest BCUT2D eigenvalue weighted by Crippen LogP contribution is -2.47. The summed E-state index contributed by atoms with van der Waals surface area (Å²) in [5, 5.41) is 12.2. The predicted molar refractivity (Wildman–Crippen MR) is 85.9 cm³/mol. The van der Waals surface area contributed by atoms with Gasteiger partial charge in [-0.25, -0.2) is 4.39 Å². The highest BCUT2D eigenvalue weighted by Gasteiger charge is 2.21. The second kappa shape index (κ2) is 8.30. The fraction of sp³-hybridized carbons (Fsp3) is 0.412. The van der Waals surface area contributed by atoms with Crippen LogP contribution in [0.1, 0.15) is 5.56 Å². The number of rotatable bonds is 5. The van der Waals surface area contributed by atoms with Gasteiger partial charge >= 0.3 is 0 Å². The third-order valence-corrected chi connectivity index (χ3v) is 3.86. The van der Waals surface area contributed by atoms with E-state index in [1.54, 1.807) is 17.0 Å². The van der Waals surface area contributed by atoms with Crippen LogP contribution < -0.4 is 5.32 Å². The molecule has 1 heterocycles.